The van der Waals surface area contributed by atoms with Crippen molar-refractivity contribution in [2.24, 2.45) is 9.98 Å². The minimum absolute atomic E-state index is 0.0357. The van der Waals surface area contributed by atoms with E-state index in [9.17, 15) is 40.3 Å². The summed E-state index contributed by atoms with van der Waals surface area (Å²) < 4.78 is 97.7. The topological polar surface area (TPSA) is 92.6 Å². The zero-order chi connectivity index (χ0) is 30.3. The number of aliphatic imine (C=N–C) groups is 2. The molecule has 40 heavy (non-hydrogen) atoms. The number of carbonyl (C=O) groups is 2. The van der Waals surface area contributed by atoms with Crippen LogP contribution in [-0.2, 0) is 14.3 Å². The maximum Gasteiger partial charge on any atom is 0.573 e. The van der Waals surface area contributed by atoms with Gasteiger partial charge in [-0.15, -0.1) is 26.3 Å². The zero-order valence-electron chi connectivity index (χ0n) is 21.2. The second-order valence-electron chi connectivity index (χ2n) is 8.75. The third kappa shape index (κ3) is 8.91. The highest BCUT2D eigenvalue weighted by Crippen LogP contribution is 2.35. The number of carbonyl (C=O) groups excluding carboxylic acids is 2. The van der Waals surface area contributed by atoms with Gasteiger partial charge in [-0.3, -0.25) is 29.2 Å². The van der Waals surface area contributed by atoms with E-state index in [1.54, 1.807) is 0 Å². The molecule has 2 atom stereocenters. The quantitative estimate of drug-likeness (QED) is 0.219. The van der Waals surface area contributed by atoms with Crippen molar-refractivity contribution in [2.75, 3.05) is 11.9 Å². The average molecular weight is 603 g/mol. The zero-order valence-corrected chi connectivity index (χ0v) is 22.0. The van der Waals surface area contributed by atoms with Crippen LogP contribution < -0.4 is 15.0 Å². The third-order valence-electron chi connectivity index (χ3n) is 6.00. The molecule has 16 heteroatoms. The minimum Gasteiger partial charge on any atom is -0.406 e. The average Bonchev–Trinajstić information content (AvgIpc) is 2.84. The molecule has 2 rings (SSSR count). The first-order valence-corrected chi connectivity index (χ1v) is 12.1. The van der Waals surface area contributed by atoms with E-state index in [1.807, 2.05) is 0 Å². The molecule has 222 valence electrons. The van der Waals surface area contributed by atoms with Crippen LogP contribution in [0.15, 0.2) is 46.0 Å². The Balaban J connectivity index is 2.52. The van der Waals surface area contributed by atoms with Gasteiger partial charge in [0.25, 0.3) is 17.4 Å². The first-order valence-electron chi connectivity index (χ1n) is 11.6. The smallest absolute Gasteiger partial charge is 0.406 e. The van der Waals surface area contributed by atoms with E-state index in [0.29, 0.717) is 4.90 Å². The Hall–Kier alpha value is -3.20. The predicted octanol–water partition coefficient (Wildman–Crippen LogP) is 5.46. The summed E-state index contributed by atoms with van der Waals surface area (Å²) in [6.07, 6.45) is -8.65. The number of amides is 2. The lowest BCUT2D eigenvalue weighted by Crippen LogP contribution is -2.63. The molecule has 0 aromatic heterocycles. The summed E-state index contributed by atoms with van der Waals surface area (Å²) in [6.45, 7) is 4.51. The number of benzene rings is 1. The van der Waals surface area contributed by atoms with Gasteiger partial charge in [0.1, 0.15) is 5.75 Å². The van der Waals surface area contributed by atoms with Crippen LogP contribution in [0.4, 0.5) is 36.4 Å². The fourth-order valence-corrected chi connectivity index (χ4v) is 4.32. The molecule has 0 unspecified atom stereocenters. The number of hydrogen-bond donors (Lipinski definition) is 1. The number of anilines is 1. The van der Waals surface area contributed by atoms with Crippen molar-refractivity contribution in [2.45, 2.75) is 68.6 Å². The standard InChI is InChI=1S/C24H26ClF7N4O4/c1-22(14(12-33-2)13-34-3,21(38)35-15-4-8-17(9-5-15)39-23(27,28)29)36(20(37)19(25)26)16-6-10-18(11-7-16)40-24(30,31)32/h6-7,10-13,15,17,19H,2,4-5,8-9H2,1,3H3,(H,35,38)/b14-12+,34-13-/t15-,17-,19-,22+/m0/s1. The molecule has 0 spiro atoms. The van der Waals surface area contributed by atoms with E-state index < -0.39 is 53.6 Å². The number of alkyl halides is 8. The molecule has 1 aliphatic carbocycles. The first-order chi connectivity index (χ1) is 18.5. The maximum atomic E-state index is 14.3. The van der Waals surface area contributed by atoms with Crippen LogP contribution in [0.1, 0.15) is 32.6 Å². The Morgan fingerprint density at radius 1 is 1.10 bits per heavy atom. The molecule has 0 aliphatic heterocycles. The summed E-state index contributed by atoms with van der Waals surface area (Å²) in [7, 11) is 1.33. The molecule has 1 fully saturated rings. The van der Waals surface area contributed by atoms with E-state index in [-0.39, 0.29) is 36.9 Å². The van der Waals surface area contributed by atoms with Crippen LogP contribution in [0.3, 0.4) is 0 Å². The first kappa shape index (κ1) is 33.0. The molecule has 1 aromatic rings. The van der Waals surface area contributed by atoms with Gasteiger partial charge in [-0.2, -0.15) is 0 Å². The van der Waals surface area contributed by atoms with Crippen LogP contribution in [0.2, 0.25) is 0 Å². The van der Waals surface area contributed by atoms with Crippen molar-refractivity contribution >= 4 is 42.0 Å². The Morgan fingerprint density at radius 3 is 2.12 bits per heavy atom. The highest BCUT2D eigenvalue weighted by molar-refractivity contribution is 6.32. The summed E-state index contributed by atoms with van der Waals surface area (Å²) in [6, 6.07) is 2.98. The summed E-state index contributed by atoms with van der Waals surface area (Å²) in [5, 5.41) is 2.65. The van der Waals surface area contributed by atoms with Crippen molar-refractivity contribution < 1.29 is 49.8 Å². The molecule has 1 saturated carbocycles. The van der Waals surface area contributed by atoms with Crippen molar-refractivity contribution in [1.29, 1.82) is 0 Å². The van der Waals surface area contributed by atoms with Crippen molar-refractivity contribution in [1.82, 2.24) is 5.32 Å². The molecular weight excluding hydrogens is 577 g/mol. The fourth-order valence-electron chi connectivity index (χ4n) is 4.22. The fraction of sp³-hybridized carbons (Fsp3) is 0.500. The molecule has 0 heterocycles. The number of ether oxygens (including phenoxy) is 2. The summed E-state index contributed by atoms with van der Waals surface area (Å²) in [4.78, 5) is 35.0. The normalized spacial score (nSPS) is 20.9. The second-order valence-corrected chi connectivity index (χ2v) is 9.14. The highest BCUT2D eigenvalue weighted by atomic mass is 35.5. The highest BCUT2D eigenvalue weighted by Gasteiger charge is 2.48. The molecule has 1 aromatic carbocycles. The Bertz CT molecular complexity index is 1100. The second kappa shape index (κ2) is 13.4. The lowest BCUT2D eigenvalue weighted by Gasteiger charge is -2.42. The number of nitrogens with zero attached hydrogens (tertiary/aromatic N) is 3. The summed E-state index contributed by atoms with van der Waals surface area (Å²) in [5.74, 6) is -3.04. The van der Waals surface area contributed by atoms with Crippen molar-refractivity contribution in [3.63, 3.8) is 0 Å². The number of hydrogen-bond acceptors (Lipinski definition) is 6. The SMILES string of the molecule is C=N/C=C(\C=N/C)[C@](C)(C(=O)N[C@H]1CC[C@H](OC(F)(F)F)CC1)N(C(=O)[C@H](F)Cl)c1ccc(OC(F)(F)F)cc1. The van der Waals surface area contributed by atoms with Crippen molar-refractivity contribution in [3.05, 3.63) is 36.0 Å². The van der Waals surface area contributed by atoms with E-state index in [2.05, 4.69) is 31.5 Å². The van der Waals surface area contributed by atoms with Gasteiger partial charge in [-0.25, -0.2) is 4.39 Å². The van der Waals surface area contributed by atoms with Gasteiger partial charge < -0.3 is 10.1 Å². The van der Waals surface area contributed by atoms with E-state index in [0.717, 1.165) is 36.7 Å². The van der Waals surface area contributed by atoms with Gasteiger partial charge >= 0.3 is 12.7 Å². The van der Waals surface area contributed by atoms with E-state index in [4.69, 9.17) is 11.6 Å². The van der Waals surface area contributed by atoms with Gasteiger partial charge in [0, 0.05) is 36.8 Å². The molecule has 0 radical (unpaired) electrons. The lowest BCUT2D eigenvalue weighted by molar-refractivity contribution is -0.345. The van der Waals surface area contributed by atoms with E-state index >= 15 is 0 Å². The van der Waals surface area contributed by atoms with Gasteiger partial charge in [0.05, 0.1) is 6.10 Å². The van der Waals surface area contributed by atoms with Crippen LogP contribution in [0, 0.1) is 0 Å². The lowest BCUT2D eigenvalue weighted by atomic mass is 9.86. The van der Waals surface area contributed by atoms with Crippen LogP contribution in [0.5, 0.6) is 5.75 Å². The van der Waals surface area contributed by atoms with Gasteiger partial charge in [-0.05, 0) is 63.6 Å². The Kier molecular flexibility index (Phi) is 11.1. The largest absolute Gasteiger partial charge is 0.573 e. The summed E-state index contributed by atoms with van der Waals surface area (Å²) in [5.41, 5.74) is -5.22. The molecule has 0 bridgehead atoms. The van der Waals surface area contributed by atoms with Gasteiger partial charge in [0.2, 0.25) is 0 Å². The molecular formula is C24H26ClF7N4O4. The molecule has 2 amide bonds. The Labute approximate surface area is 229 Å². The van der Waals surface area contributed by atoms with Crippen molar-refractivity contribution in [3.8, 4) is 5.75 Å². The Morgan fingerprint density at radius 2 is 1.68 bits per heavy atom. The number of rotatable bonds is 10. The van der Waals surface area contributed by atoms with Crippen LogP contribution >= 0.6 is 11.6 Å². The molecule has 1 N–H and O–H groups in total. The molecule has 8 nitrogen and oxygen atoms in total. The van der Waals surface area contributed by atoms with Crippen LogP contribution in [0.25, 0.3) is 0 Å². The van der Waals surface area contributed by atoms with Crippen LogP contribution in [-0.4, -0.2) is 67.8 Å². The third-order valence-corrected chi connectivity index (χ3v) is 6.18. The molecule has 0 saturated heterocycles. The van der Waals surface area contributed by atoms with E-state index in [1.165, 1.54) is 14.0 Å². The molecule has 1 aliphatic rings. The summed E-state index contributed by atoms with van der Waals surface area (Å²) >= 11 is 5.46. The minimum atomic E-state index is -5.02. The maximum absolute atomic E-state index is 14.3. The van der Waals surface area contributed by atoms with Gasteiger partial charge in [-0.1, -0.05) is 11.6 Å². The monoisotopic (exact) mass is 602 g/mol. The number of nitrogens with one attached hydrogen (secondary N) is 1. The number of halogens is 8. The predicted molar refractivity (Wildman–Crippen MR) is 133 cm³/mol. The van der Waals surface area contributed by atoms with Gasteiger partial charge in [0.15, 0.2) is 5.54 Å².